The quantitative estimate of drug-likeness (QED) is 0.487. The molecule has 27 heavy (non-hydrogen) atoms. The second-order valence-electron chi connectivity index (χ2n) is 5.58. The summed E-state index contributed by atoms with van der Waals surface area (Å²) in [6.07, 6.45) is 2.91. The Kier molecular flexibility index (Phi) is 5.04. The minimum Gasteiger partial charge on any atom is -0.494 e. The highest BCUT2D eigenvalue weighted by molar-refractivity contribution is 7.22. The second kappa shape index (κ2) is 7.77. The molecule has 2 heterocycles. The standard InChI is InChI=1S/C19H14ClN3O3S/c20-14-6-7-15-17(10-14)27-19(22-15)23(18(24)16-12-25-8-9-26-16)21-11-13-4-2-1-3-5-13/h1-7,10-12H,8-9H2/b21-11+. The summed E-state index contributed by atoms with van der Waals surface area (Å²) in [6.45, 7) is 0.715. The molecule has 0 aliphatic carbocycles. The number of carbonyl (C=O) groups is 1. The van der Waals surface area contributed by atoms with Crippen molar-refractivity contribution in [2.75, 3.05) is 18.2 Å². The van der Waals surface area contributed by atoms with Crippen LogP contribution in [0.5, 0.6) is 0 Å². The molecular weight excluding hydrogens is 386 g/mol. The predicted molar refractivity (Wildman–Crippen MR) is 106 cm³/mol. The number of carbonyl (C=O) groups excluding carboxylic acids is 1. The third-order valence-corrected chi connectivity index (χ3v) is 4.92. The lowest BCUT2D eigenvalue weighted by Crippen LogP contribution is -2.30. The summed E-state index contributed by atoms with van der Waals surface area (Å²) in [7, 11) is 0. The molecule has 0 saturated carbocycles. The number of aromatic nitrogens is 1. The van der Waals surface area contributed by atoms with E-state index in [1.165, 1.54) is 22.6 Å². The van der Waals surface area contributed by atoms with Crippen molar-refractivity contribution in [1.82, 2.24) is 4.98 Å². The third-order valence-electron chi connectivity index (χ3n) is 3.69. The van der Waals surface area contributed by atoms with E-state index in [9.17, 15) is 4.79 Å². The molecule has 4 rings (SSSR count). The van der Waals surface area contributed by atoms with Crippen LogP contribution in [0.1, 0.15) is 5.56 Å². The van der Waals surface area contributed by atoms with Gasteiger partial charge in [-0.05, 0) is 23.8 Å². The van der Waals surface area contributed by atoms with Gasteiger partial charge in [-0.15, -0.1) is 0 Å². The number of anilines is 1. The van der Waals surface area contributed by atoms with E-state index in [1.54, 1.807) is 24.4 Å². The number of ether oxygens (including phenoxy) is 2. The molecule has 0 radical (unpaired) electrons. The average molecular weight is 400 g/mol. The van der Waals surface area contributed by atoms with Gasteiger partial charge in [0, 0.05) is 5.02 Å². The lowest BCUT2D eigenvalue weighted by Gasteiger charge is -2.19. The number of benzene rings is 2. The average Bonchev–Trinajstić information content (AvgIpc) is 3.12. The maximum Gasteiger partial charge on any atom is 0.319 e. The van der Waals surface area contributed by atoms with Crippen molar-refractivity contribution in [3.63, 3.8) is 0 Å². The van der Waals surface area contributed by atoms with Gasteiger partial charge in [0.2, 0.25) is 10.9 Å². The molecule has 0 fully saturated rings. The van der Waals surface area contributed by atoms with E-state index in [0.717, 1.165) is 15.8 Å². The van der Waals surface area contributed by atoms with Crippen LogP contribution in [0.25, 0.3) is 10.2 Å². The summed E-state index contributed by atoms with van der Waals surface area (Å²) in [5.74, 6) is -0.365. The van der Waals surface area contributed by atoms with Crippen molar-refractivity contribution >= 4 is 50.4 Å². The third kappa shape index (κ3) is 3.94. The van der Waals surface area contributed by atoms with Crippen molar-refractivity contribution in [2.45, 2.75) is 0 Å². The SMILES string of the molecule is O=C(C1=COCCO1)N(/N=C/c1ccccc1)c1nc2ccc(Cl)cc2s1. The van der Waals surface area contributed by atoms with Crippen LogP contribution in [0.4, 0.5) is 5.13 Å². The Morgan fingerprint density at radius 3 is 2.85 bits per heavy atom. The van der Waals surface area contributed by atoms with Crippen LogP contribution in [0.2, 0.25) is 5.02 Å². The Hall–Kier alpha value is -2.90. The summed E-state index contributed by atoms with van der Waals surface area (Å²) in [5, 5.41) is 6.59. The number of nitrogens with zero attached hydrogens (tertiary/aromatic N) is 3. The Morgan fingerprint density at radius 1 is 1.22 bits per heavy atom. The maximum atomic E-state index is 12.9. The summed E-state index contributed by atoms with van der Waals surface area (Å²) < 4.78 is 11.5. The second-order valence-corrected chi connectivity index (χ2v) is 7.03. The molecule has 2 aromatic carbocycles. The zero-order chi connectivity index (χ0) is 18.6. The fraction of sp³-hybridized carbons (Fsp3) is 0.105. The van der Waals surface area contributed by atoms with Gasteiger partial charge in [0.15, 0.2) is 0 Å². The van der Waals surface area contributed by atoms with Gasteiger partial charge in [-0.3, -0.25) is 4.79 Å². The number of amides is 1. The Bertz CT molecular complexity index is 1030. The van der Waals surface area contributed by atoms with Gasteiger partial charge in [0.05, 0.1) is 16.4 Å². The first-order valence-corrected chi connectivity index (χ1v) is 9.34. The normalized spacial score (nSPS) is 13.9. The molecule has 0 unspecified atom stereocenters. The number of hydrazone groups is 1. The van der Waals surface area contributed by atoms with Crippen molar-refractivity contribution in [3.05, 3.63) is 71.1 Å². The van der Waals surface area contributed by atoms with E-state index in [2.05, 4.69) is 10.1 Å². The summed E-state index contributed by atoms with van der Waals surface area (Å²) in [4.78, 5) is 17.5. The number of halogens is 1. The first-order valence-electron chi connectivity index (χ1n) is 8.15. The van der Waals surface area contributed by atoms with Crippen molar-refractivity contribution in [1.29, 1.82) is 0 Å². The highest BCUT2D eigenvalue weighted by atomic mass is 35.5. The molecule has 0 atom stereocenters. The van der Waals surface area contributed by atoms with E-state index in [1.807, 2.05) is 30.3 Å². The van der Waals surface area contributed by atoms with Crippen LogP contribution in [0.3, 0.4) is 0 Å². The van der Waals surface area contributed by atoms with Crippen molar-refractivity contribution in [3.8, 4) is 0 Å². The molecular formula is C19H14ClN3O3S. The van der Waals surface area contributed by atoms with E-state index in [4.69, 9.17) is 21.1 Å². The number of hydrogen-bond donors (Lipinski definition) is 0. The molecule has 1 amide bonds. The molecule has 0 N–H and O–H groups in total. The van der Waals surface area contributed by atoms with E-state index in [-0.39, 0.29) is 5.76 Å². The molecule has 0 bridgehead atoms. The van der Waals surface area contributed by atoms with Gasteiger partial charge in [-0.2, -0.15) is 10.1 Å². The van der Waals surface area contributed by atoms with E-state index >= 15 is 0 Å². The fourth-order valence-electron chi connectivity index (χ4n) is 2.41. The summed E-state index contributed by atoms with van der Waals surface area (Å²) >= 11 is 7.38. The van der Waals surface area contributed by atoms with Gasteiger partial charge in [-0.1, -0.05) is 53.3 Å². The van der Waals surface area contributed by atoms with Gasteiger partial charge in [0.25, 0.3) is 0 Å². The minimum atomic E-state index is -0.452. The largest absolute Gasteiger partial charge is 0.494 e. The number of hydrogen-bond acceptors (Lipinski definition) is 6. The lowest BCUT2D eigenvalue weighted by molar-refractivity contribution is -0.119. The monoisotopic (exact) mass is 399 g/mol. The van der Waals surface area contributed by atoms with Crippen molar-refractivity contribution in [2.24, 2.45) is 5.10 Å². The van der Waals surface area contributed by atoms with Crippen LogP contribution in [-0.4, -0.2) is 30.3 Å². The van der Waals surface area contributed by atoms with Gasteiger partial charge in [-0.25, -0.2) is 4.98 Å². The Labute approximate surface area is 164 Å². The summed E-state index contributed by atoms with van der Waals surface area (Å²) in [6, 6.07) is 14.9. The highest BCUT2D eigenvalue weighted by Gasteiger charge is 2.26. The lowest BCUT2D eigenvalue weighted by atomic mass is 10.2. The van der Waals surface area contributed by atoms with Crippen LogP contribution < -0.4 is 5.01 Å². The molecule has 0 saturated heterocycles. The molecule has 6 nitrogen and oxygen atoms in total. The highest BCUT2D eigenvalue weighted by Crippen LogP contribution is 2.32. The van der Waals surface area contributed by atoms with Gasteiger partial charge >= 0.3 is 5.91 Å². The predicted octanol–water partition coefficient (Wildman–Crippen LogP) is 4.21. The van der Waals surface area contributed by atoms with Crippen LogP contribution in [0.15, 0.2) is 65.7 Å². The first-order chi connectivity index (χ1) is 13.2. The van der Waals surface area contributed by atoms with Crippen LogP contribution in [0, 0.1) is 0 Å². The molecule has 8 heteroatoms. The number of rotatable bonds is 4. The smallest absolute Gasteiger partial charge is 0.319 e. The van der Waals surface area contributed by atoms with E-state index in [0.29, 0.717) is 23.4 Å². The number of thiazole rings is 1. The molecule has 1 aliphatic heterocycles. The Balaban J connectivity index is 1.73. The topological polar surface area (TPSA) is 64.0 Å². The molecule has 136 valence electrons. The van der Waals surface area contributed by atoms with Crippen LogP contribution >= 0.6 is 22.9 Å². The van der Waals surface area contributed by atoms with Crippen molar-refractivity contribution < 1.29 is 14.3 Å². The van der Waals surface area contributed by atoms with Gasteiger partial charge < -0.3 is 9.47 Å². The molecule has 1 aromatic heterocycles. The van der Waals surface area contributed by atoms with E-state index < -0.39 is 5.91 Å². The number of fused-ring (bicyclic) bond motifs is 1. The molecule has 3 aromatic rings. The van der Waals surface area contributed by atoms with Gasteiger partial charge in [0.1, 0.15) is 19.5 Å². The zero-order valence-electron chi connectivity index (χ0n) is 14.0. The molecule has 0 spiro atoms. The Morgan fingerprint density at radius 2 is 2.07 bits per heavy atom. The zero-order valence-corrected chi connectivity index (χ0v) is 15.6. The first kappa shape index (κ1) is 17.5. The maximum absolute atomic E-state index is 12.9. The molecule has 1 aliphatic rings. The fourth-order valence-corrected chi connectivity index (χ4v) is 3.61. The minimum absolute atomic E-state index is 0.0868. The van der Waals surface area contributed by atoms with Crippen LogP contribution in [-0.2, 0) is 14.3 Å². The summed E-state index contributed by atoms with van der Waals surface area (Å²) in [5.41, 5.74) is 1.59.